The van der Waals surface area contributed by atoms with Crippen molar-refractivity contribution in [3.8, 4) is 22.8 Å². The van der Waals surface area contributed by atoms with Gasteiger partial charge in [-0.15, -0.1) is 0 Å². The number of rotatable bonds is 7. The van der Waals surface area contributed by atoms with E-state index in [1.165, 1.54) is 23.0 Å². The van der Waals surface area contributed by atoms with Crippen molar-refractivity contribution < 1.29 is 22.7 Å². The number of halogens is 4. The van der Waals surface area contributed by atoms with E-state index < -0.39 is 17.6 Å². The molecular formula is C26H24ClF3N6O2. The Morgan fingerprint density at radius 2 is 1.87 bits per heavy atom. The molecule has 0 saturated carbocycles. The Balaban J connectivity index is 0.00000195. The van der Waals surface area contributed by atoms with Gasteiger partial charge in [0.2, 0.25) is 17.7 Å². The van der Waals surface area contributed by atoms with Crippen LogP contribution in [0.5, 0.6) is 11.6 Å². The molecule has 12 heteroatoms. The Kier molecular flexibility index (Phi) is 9.08. The average Bonchev–Trinajstić information content (AvgIpc) is 3.21. The lowest BCUT2D eigenvalue weighted by molar-refractivity contribution is -0.137. The Morgan fingerprint density at radius 3 is 2.47 bits per heavy atom. The highest BCUT2D eigenvalue weighted by atomic mass is 35.5. The molecule has 0 fully saturated rings. The molecule has 2 heterocycles. The van der Waals surface area contributed by atoms with Crippen molar-refractivity contribution in [3.05, 3.63) is 84.3 Å². The molecule has 0 aliphatic carbocycles. The fourth-order valence-electron chi connectivity index (χ4n) is 3.15. The molecule has 0 aliphatic heterocycles. The number of benzene rings is 2. The summed E-state index contributed by atoms with van der Waals surface area (Å²) in [6.45, 7) is 7.41. The van der Waals surface area contributed by atoms with Gasteiger partial charge in [0.1, 0.15) is 5.75 Å². The van der Waals surface area contributed by atoms with E-state index in [-0.39, 0.29) is 17.0 Å². The number of nitrogens with zero attached hydrogens (tertiary/aromatic N) is 4. The summed E-state index contributed by atoms with van der Waals surface area (Å²) in [6.07, 6.45) is -0.299. The van der Waals surface area contributed by atoms with Crippen LogP contribution in [0.2, 0.25) is 5.15 Å². The van der Waals surface area contributed by atoms with Crippen LogP contribution >= 0.6 is 11.6 Å². The molecule has 2 aromatic heterocycles. The van der Waals surface area contributed by atoms with Gasteiger partial charge in [-0.1, -0.05) is 50.2 Å². The molecule has 2 N–H and O–H groups in total. The lowest BCUT2D eigenvalue weighted by Crippen LogP contribution is -2.07. The molecular weight excluding hydrogens is 521 g/mol. The molecule has 0 spiro atoms. The monoisotopic (exact) mass is 544 g/mol. The Morgan fingerprint density at radius 1 is 1.16 bits per heavy atom. The summed E-state index contributed by atoms with van der Waals surface area (Å²) in [7, 11) is 1.69. The standard InChI is InChI=1S/C24H18ClF3N6O2.C2H6/c1-3-20(35)30-16-5-4-6-17(11-16)36-22-18(14-7-9-15(10-8-14)24(26,27)28)12-29-23(32-22)31-19-13-34(2)33-21(19)25;1-2/h3-13H,1H2,2H3,(H,30,35)(H,29,31,32);1-2H3. The second-order valence-corrected chi connectivity index (χ2v) is 7.80. The topological polar surface area (TPSA) is 94.0 Å². The molecule has 0 unspecified atom stereocenters. The van der Waals surface area contributed by atoms with Crippen LogP contribution in [-0.2, 0) is 18.0 Å². The first-order valence-corrected chi connectivity index (χ1v) is 11.7. The van der Waals surface area contributed by atoms with Crippen LogP contribution in [0.3, 0.4) is 0 Å². The Bertz CT molecular complexity index is 1420. The maximum atomic E-state index is 13.0. The van der Waals surface area contributed by atoms with Crippen molar-refractivity contribution in [3.63, 3.8) is 0 Å². The molecule has 0 saturated heterocycles. The number of amides is 1. The van der Waals surface area contributed by atoms with Crippen LogP contribution < -0.4 is 15.4 Å². The van der Waals surface area contributed by atoms with E-state index in [1.54, 1.807) is 37.5 Å². The van der Waals surface area contributed by atoms with Gasteiger partial charge in [0.15, 0.2) is 5.15 Å². The van der Waals surface area contributed by atoms with Gasteiger partial charge in [0.25, 0.3) is 0 Å². The van der Waals surface area contributed by atoms with Crippen molar-refractivity contribution in [1.29, 1.82) is 0 Å². The van der Waals surface area contributed by atoms with Crippen LogP contribution in [-0.4, -0.2) is 25.7 Å². The summed E-state index contributed by atoms with van der Waals surface area (Å²) >= 11 is 6.10. The SMILES string of the molecule is C=CC(=O)Nc1cccc(Oc2nc(Nc3cn(C)nc3Cl)ncc2-c2ccc(C(F)(F)F)cc2)c1.CC. The predicted molar refractivity (Wildman–Crippen MR) is 141 cm³/mol. The molecule has 0 radical (unpaired) electrons. The lowest BCUT2D eigenvalue weighted by Gasteiger charge is -2.14. The largest absolute Gasteiger partial charge is 0.438 e. The normalized spacial score (nSPS) is 10.7. The predicted octanol–water partition coefficient (Wildman–Crippen LogP) is 7.24. The molecule has 0 bridgehead atoms. The highest BCUT2D eigenvalue weighted by molar-refractivity contribution is 6.32. The van der Waals surface area contributed by atoms with Crippen molar-refractivity contribution in [2.75, 3.05) is 10.6 Å². The molecule has 198 valence electrons. The van der Waals surface area contributed by atoms with Crippen LogP contribution in [0, 0.1) is 0 Å². The van der Waals surface area contributed by atoms with E-state index in [1.807, 2.05) is 13.8 Å². The van der Waals surface area contributed by atoms with Crippen molar-refractivity contribution >= 4 is 34.8 Å². The van der Waals surface area contributed by atoms with Gasteiger partial charge < -0.3 is 15.4 Å². The quantitative estimate of drug-likeness (QED) is 0.238. The van der Waals surface area contributed by atoms with E-state index in [2.05, 4.69) is 32.3 Å². The molecule has 38 heavy (non-hydrogen) atoms. The first-order valence-electron chi connectivity index (χ1n) is 11.3. The van der Waals surface area contributed by atoms with Crippen LogP contribution in [0.15, 0.2) is 73.6 Å². The van der Waals surface area contributed by atoms with Crippen molar-refractivity contribution in [2.24, 2.45) is 7.05 Å². The van der Waals surface area contributed by atoms with Gasteiger partial charge in [0, 0.05) is 31.2 Å². The number of hydrogen-bond acceptors (Lipinski definition) is 6. The second kappa shape index (κ2) is 12.2. The third-order valence-electron chi connectivity index (χ3n) is 4.81. The molecule has 0 aliphatic rings. The summed E-state index contributed by atoms with van der Waals surface area (Å²) in [4.78, 5) is 20.3. The minimum absolute atomic E-state index is 0.0551. The summed E-state index contributed by atoms with van der Waals surface area (Å²) in [5.41, 5.74) is 0.849. The number of hydrogen-bond donors (Lipinski definition) is 2. The molecule has 8 nitrogen and oxygen atoms in total. The first-order chi connectivity index (χ1) is 18.1. The van der Waals surface area contributed by atoms with E-state index in [0.29, 0.717) is 28.3 Å². The Labute approximate surface area is 222 Å². The van der Waals surface area contributed by atoms with Crippen LogP contribution in [0.1, 0.15) is 19.4 Å². The van der Waals surface area contributed by atoms with Gasteiger partial charge in [0.05, 0.1) is 16.8 Å². The summed E-state index contributed by atoms with van der Waals surface area (Å²) in [5.74, 6) is 0.0831. The van der Waals surface area contributed by atoms with Crippen LogP contribution in [0.4, 0.5) is 30.5 Å². The van der Waals surface area contributed by atoms with Crippen molar-refractivity contribution in [1.82, 2.24) is 19.7 Å². The molecule has 4 aromatic rings. The smallest absolute Gasteiger partial charge is 0.416 e. The minimum Gasteiger partial charge on any atom is -0.438 e. The summed E-state index contributed by atoms with van der Waals surface area (Å²) < 4.78 is 46.6. The van der Waals surface area contributed by atoms with E-state index >= 15 is 0 Å². The number of anilines is 3. The molecule has 2 aromatic carbocycles. The third kappa shape index (κ3) is 7.10. The fourth-order valence-corrected chi connectivity index (χ4v) is 3.36. The van der Waals surface area contributed by atoms with E-state index in [4.69, 9.17) is 16.3 Å². The number of aryl methyl sites for hydroxylation is 1. The number of carbonyl (C=O) groups excluding carboxylic acids is 1. The van der Waals surface area contributed by atoms with Gasteiger partial charge in [-0.3, -0.25) is 9.48 Å². The fraction of sp³-hybridized carbons (Fsp3) is 0.154. The second-order valence-electron chi connectivity index (χ2n) is 7.44. The average molecular weight is 545 g/mol. The molecule has 4 rings (SSSR count). The number of ether oxygens (including phenoxy) is 1. The van der Waals surface area contributed by atoms with Gasteiger partial charge >= 0.3 is 6.18 Å². The number of aromatic nitrogens is 4. The van der Waals surface area contributed by atoms with E-state index in [0.717, 1.165) is 18.2 Å². The van der Waals surface area contributed by atoms with Crippen LogP contribution in [0.25, 0.3) is 11.1 Å². The highest BCUT2D eigenvalue weighted by Gasteiger charge is 2.30. The maximum absolute atomic E-state index is 13.0. The highest BCUT2D eigenvalue weighted by Crippen LogP contribution is 2.36. The third-order valence-corrected chi connectivity index (χ3v) is 5.09. The zero-order valence-corrected chi connectivity index (χ0v) is 21.4. The zero-order valence-electron chi connectivity index (χ0n) is 20.7. The van der Waals surface area contributed by atoms with E-state index in [9.17, 15) is 18.0 Å². The number of carbonyl (C=O) groups is 1. The first kappa shape index (κ1) is 28.2. The molecule has 1 amide bonds. The van der Waals surface area contributed by atoms with Gasteiger partial charge in [-0.2, -0.15) is 23.3 Å². The molecule has 0 atom stereocenters. The number of alkyl halides is 3. The summed E-state index contributed by atoms with van der Waals surface area (Å²) in [5, 5.41) is 9.79. The Hall–Kier alpha value is -4.38. The maximum Gasteiger partial charge on any atom is 0.416 e. The lowest BCUT2D eigenvalue weighted by atomic mass is 10.1. The van der Waals surface area contributed by atoms with Gasteiger partial charge in [-0.25, -0.2) is 4.98 Å². The van der Waals surface area contributed by atoms with Crippen molar-refractivity contribution in [2.45, 2.75) is 20.0 Å². The zero-order chi connectivity index (χ0) is 27.9. The summed E-state index contributed by atoms with van der Waals surface area (Å²) in [6, 6.07) is 11.0. The van der Waals surface area contributed by atoms with Gasteiger partial charge in [-0.05, 0) is 35.9 Å². The minimum atomic E-state index is -4.47. The number of nitrogens with one attached hydrogen (secondary N) is 2.